The lowest BCUT2D eigenvalue weighted by atomic mass is 10.1. The van der Waals surface area contributed by atoms with Crippen LogP contribution in [0.3, 0.4) is 0 Å². The van der Waals surface area contributed by atoms with Gasteiger partial charge < -0.3 is 10.2 Å². The molecule has 0 aliphatic carbocycles. The van der Waals surface area contributed by atoms with Crippen LogP contribution in [0.1, 0.15) is 32.3 Å². The summed E-state index contributed by atoms with van der Waals surface area (Å²) in [5, 5.41) is 2.60. The Morgan fingerprint density at radius 2 is 2.10 bits per heavy atom. The van der Waals surface area contributed by atoms with Crippen LogP contribution in [0, 0.1) is 0 Å². The normalized spacial score (nSPS) is 11.8. The van der Waals surface area contributed by atoms with Crippen LogP contribution in [0.25, 0.3) is 0 Å². The van der Waals surface area contributed by atoms with Crippen LogP contribution >= 0.6 is 15.9 Å². The Labute approximate surface area is 128 Å². The van der Waals surface area contributed by atoms with Gasteiger partial charge in [-0.2, -0.15) is 0 Å². The fourth-order valence-corrected chi connectivity index (χ4v) is 2.43. The summed E-state index contributed by atoms with van der Waals surface area (Å²) in [4.78, 5) is 25.7. The van der Waals surface area contributed by atoms with E-state index in [1.807, 2.05) is 31.2 Å². The SMILES string of the molecule is CCCC(=O)N(Cc1cccc(Br)c1)[C@@H](C)C(=O)NC. The molecule has 0 aliphatic rings. The summed E-state index contributed by atoms with van der Waals surface area (Å²) in [7, 11) is 1.58. The maximum Gasteiger partial charge on any atom is 0.242 e. The van der Waals surface area contributed by atoms with Crippen LogP contribution in [-0.4, -0.2) is 29.8 Å². The van der Waals surface area contributed by atoms with Gasteiger partial charge in [0.25, 0.3) is 0 Å². The lowest BCUT2D eigenvalue weighted by molar-refractivity contribution is -0.140. The number of benzene rings is 1. The predicted octanol–water partition coefficient (Wildman–Crippen LogP) is 2.71. The van der Waals surface area contributed by atoms with Crippen molar-refractivity contribution in [2.24, 2.45) is 0 Å². The lowest BCUT2D eigenvalue weighted by Crippen LogP contribution is -2.46. The molecule has 0 aromatic heterocycles. The van der Waals surface area contributed by atoms with Crippen LogP contribution in [0.2, 0.25) is 0 Å². The Bertz CT molecular complexity index is 477. The number of amides is 2. The quantitative estimate of drug-likeness (QED) is 0.865. The Kier molecular flexibility index (Phi) is 6.71. The Hall–Kier alpha value is -1.36. The number of nitrogens with one attached hydrogen (secondary N) is 1. The van der Waals surface area contributed by atoms with E-state index in [0.29, 0.717) is 13.0 Å². The third-order valence-corrected chi connectivity index (χ3v) is 3.61. The van der Waals surface area contributed by atoms with Gasteiger partial charge in [0.05, 0.1) is 0 Å². The van der Waals surface area contributed by atoms with E-state index in [0.717, 1.165) is 16.5 Å². The molecule has 0 bridgehead atoms. The molecule has 1 atom stereocenters. The summed E-state index contributed by atoms with van der Waals surface area (Å²) >= 11 is 3.42. The first-order valence-corrected chi connectivity index (χ1v) is 7.54. The summed E-state index contributed by atoms with van der Waals surface area (Å²) < 4.78 is 0.963. The molecule has 110 valence electrons. The zero-order valence-corrected chi connectivity index (χ0v) is 13.7. The van der Waals surface area contributed by atoms with Gasteiger partial charge in [0.15, 0.2) is 0 Å². The van der Waals surface area contributed by atoms with Crippen molar-refractivity contribution in [3.63, 3.8) is 0 Å². The number of nitrogens with zero attached hydrogens (tertiary/aromatic N) is 1. The highest BCUT2D eigenvalue weighted by Crippen LogP contribution is 2.16. The third kappa shape index (κ3) is 4.63. The van der Waals surface area contributed by atoms with Crippen LogP contribution in [0.15, 0.2) is 28.7 Å². The van der Waals surface area contributed by atoms with Crippen molar-refractivity contribution in [2.75, 3.05) is 7.05 Å². The molecule has 0 saturated heterocycles. The Morgan fingerprint density at radius 1 is 1.40 bits per heavy atom. The van der Waals surface area contributed by atoms with Crippen molar-refractivity contribution in [1.29, 1.82) is 0 Å². The largest absolute Gasteiger partial charge is 0.357 e. The molecular weight excluding hydrogens is 320 g/mol. The minimum atomic E-state index is -0.474. The summed E-state index contributed by atoms with van der Waals surface area (Å²) in [6.45, 7) is 4.15. The molecule has 1 aromatic carbocycles. The molecule has 0 radical (unpaired) electrons. The molecule has 1 rings (SSSR count). The van der Waals surface area contributed by atoms with E-state index >= 15 is 0 Å². The monoisotopic (exact) mass is 340 g/mol. The first-order valence-electron chi connectivity index (χ1n) is 6.75. The van der Waals surface area contributed by atoms with Crippen LogP contribution < -0.4 is 5.32 Å². The molecule has 20 heavy (non-hydrogen) atoms. The Morgan fingerprint density at radius 3 is 2.65 bits per heavy atom. The number of likely N-dealkylation sites (N-methyl/N-ethyl adjacent to an activating group) is 1. The molecule has 1 aromatic rings. The second-order valence-electron chi connectivity index (χ2n) is 4.69. The van der Waals surface area contributed by atoms with Crippen LogP contribution in [0.4, 0.5) is 0 Å². The van der Waals surface area contributed by atoms with Gasteiger partial charge in [-0.1, -0.05) is 35.0 Å². The number of hydrogen-bond acceptors (Lipinski definition) is 2. The molecule has 2 amide bonds. The topological polar surface area (TPSA) is 49.4 Å². The predicted molar refractivity (Wildman–Crippen MR) is 83.1 cm³/mol. The van der Waals surface area contributed by atoms with Crippen molar-refractivity contribution >= 4 is 27.7 Å². The molecule has 0 heterocycles. The van der Waals surface area contributed by atoms with Crippen molar-refractivity contribution < 1.29 is 9.59 Å². The van der Waals surface area contributed by atoms with Crippen molar-refractivity contribution in [3.8, 4) is 0 Å². The van der Waals surface area contributed by atoms with E-state index in [-0.39, 0.29) is 11.8 Å². The summed E-state index contributed by atoms with van der Waals surface area (Å²) in [5.74, 6) is -0.145. The van der Waals surface area contributed by atoms with Gasteiger partial charge >= 0.3 is 0 Å². The second kappa shape index (κ2) is 8.04. The molecule has 0 saturated carbocycles. The lowest BCUT2D eigenvalue weighted by Gasteiger charge is -2.28. The van der Waals surface area contributed by atoms with E-state index < -0.39 is 6.04 Å². The first kappa shape index (κ1) is 16.7. The van der Waals surface area contributed by atoms with Crippen LogP contribution in [0.5, 0.6) is 0 Å². The smallest absolute Gasteiger partial charge is 0.242 e. The number of carbonyl (C=O) groups excluding carboxylic acids is 2. The molecule has 0 unspecified atom stereocenters. The van der Waals surface area contributed by atoms with E-state index in [1.165, 1.54) is 0 Å². The second-order valence-corrected chi connectivity index (χ2v) is 5.61. The molecule has 1 N–H and O–H groups in total. The van der Waals surface area contributed by atoms with E-state index in [2.05, 4.69) is 21.2 Å². The van der Waals surface area contributed by atoms with Gasteiger partial charge in [0, 0.05) is 24.5 Å². The zero-order valence-electron chi connectivity index (χ0n) is 12.1. The first-order chi connectivity index (χ1) is 9.49. The number of hydrogen-bond donors (Lipinski definition) is 1. The summed E-state index contributed by atoms with van der Waals surface area (Å²) in [6.07, 6.45) is 1.23. The fourth-order valence-electron chi connectivity index (χ4n) is 1.98. The maximum absolute atomic E-state index is 12.2. The number of rotatable bonds is 6. The third-order valence-electron chi connectivity index (χ3n) is 3.12. The van der Waals surface area contributed by atoms with Crippen molar-refractivity contribution in [1.82, 2.24) is 10.2 Å². The highest BCUT2D eigenvalue weighted by molar-refractivity contribution is 9.10. The van der Waals surface area contributed by atoms with Crippen molar-refractivity contribution in [3.05, 3.63) is 34.3 Å². The van der Waals surface area contributed by atoms with Gasteiger partial charge in [-0.3, -0.25) is 9.59 Å². The number of halogens is 1. The van der Waals surface area contributed by atoms with Gasteiger partial charge in [-0.15, -0.1) is 0 Å². The molecule has 4 nitrogen and oxygen atoms in total. The summed E-state index contributed by atoms with van der Waals surface area (Å²) in [5.41, 5.74) is 1.000. The van der Waals surface area contributed by atoms with Gasteiger partial charge in [-0.05, 0) is 31.0 Å². The number of carbonyl (C=O) groups is 2. The van der Waals surface area contributed by atoms with Crippen molar-refractivity contribution in [2.45, 2.75) is 39.3 Å². The molecule has 0 spiro atoms. The van der Waals surface area contributed by atoms with Gasteiger partial charge in [-0.25, -0.2) is 0 Å². The van der Waals surface area contributed by atoms with E-state index in [9.17, 15) is 9.59 Å². The highest BCUT2D eigenvalue weighted by Gasteiger charge is 2.24. The highest BCUT2D eigenvalue weighted by atomic mass is 79.9. The maximum atomic E-state index is 12.2. The molecule has 0 aliphatic heterocycles. The summed E-state index contributed by atoms with van der Waals surface area (Å²) in [6, 6.07) is 7.30. The zero-order chi connectivity index (χ0) is 15.1. The van der Waals surface area contributed by atoms with E-state index in [4.69, 9.17) is 0 Å². The molecule has 5 heteroatoms. The van der Waals surface area contributed by atoms with E-state index in [1.54, 1.807) is 18.9 Å². The van der Waals surface area contributed by atoms with Gasteiger partial charge in [0.2, 0.25) is 11.8 Å². The minimum Gasteiger partial charge on any atom is -0.357 e. The average molecular weight is 341 g/mol. The molecular formula is C15H21BrN2O2. The minimum absolute atomic E-state index is 0.00331. The molecule has 0 fully saturated rings. The fraction of sp³-hybridized carbons (Fsp3) is 0.467. The Balaban J connectivity index is 2.92. The average Bonchev–Trinajstić information content (AvgIpc) is 2.43. The van der Waals surface area contributed by atoms with Crippen LogP contribution in [-0.2, 0) is 16.1 Å². The standard InChI is InChI=1S/C15H21BrN2O2/c1-4-6-14(19)18(11(2)15(20)17-3)10-12-7-5-8-13(16)9-12/h5,7-9,11H,4,6,10H2,1-3H3,(H,17,20)/t11-/m0/s1. The van der Waals surface area contributed by atoms with Gasteiger partial charge in [0.1, 0.15) is 6.04 Å².